The summed E-state index contributed by atoms with van der Waals surface area (Å²) < 4.78 is 0. The van der Waals surface area contributed by atoms with Gasteiger partial charge in [-0.3, -0.25) is 0 Å². The van der Waals surface area contributed by atoms with Gasteiger partial charge in [0.15, 0.2) is 0 Å². The van der Waals surface area contributed by atoms with E-state index in [1.54, 1.807) is 11.3 Å². The third-order valence-electron chi connectivity index (χ3n) is 3.17. The van der Waals surface area contributed by atoms with E-state index in [0.717, 1.165) is 6.42 Å². The average molecular weight is 253 g/mol. The van der Waals surface area contributed by atoms with Gasteiger partial charge in [-0.15, -0.1) is 11.3 Å². The Kier molecular flexibility index (Phi) is 3.13. The van der Waals surface area contributed by atoms with Crippen LogP contribution >= 0.6 is 11.3 Å². The van der Waals surface area contributed by atoms with Crippen LogP contribution in [0.5, 0.6) is 0 Å². The van der Waals surface area contributed by atoms with Crippen LogP contribution in [0.15, 0.2) is 41.8 Å². The van der Waals surface area contributed by atoms with Crippen molar-refractivity contribution in [2.45, 2.75) is 6.42 Å². The smallest absolute Gasteiger partial charge is 0.0349 e. The number of hydrogen-bond donors (Lipinski definition) is 1. The highest BCUT2D eigenvalue weighted by molar-refractivity contribution is 7.11. The largest absolute Gasteiger partial charge is 0.330 e. The fraction of sp³-hybridized carbons (Fsp3) is 0.125. The molecule has 2 N–H and O–H groups in total. The molecule has 1 nitrogen and oxygen atoms in total. The number of nitrogens with two attached hydrogens (primary N) is 1. The van der Waals surface area contributed by atoms with Crippen LogP contribution in [0.25, 0.3) is 17.7 Å². The van der Waals surface area contributed by atoms with Gasteiger partial charge in [0.2, 0.25) is 0 Å². The molecule has 0 spiro atoms. The molecule has 0 fully saturated rings. The van der Waals surface area contributed by atoms with Gasteiger partial charge in [0, 0.05) is 4.88 Å². The van der Waals surface area contributed by atoms with Gasteiger partial charge in [-0.1, -0.05) is 36.4 Å². The van der Waals surface area contributed by atoms with Crippen molar-refractivity contribution in [3.05, 3.63) is 63.4 Å². The molecule has 1 aromatic carbocycles. The number of thiophene rings is 1. The maximum Gasteiger partial charge on any atom is 0.0349 e. The molecule has 0 saturated heterocycles. The molecule has 0 radical (unpaired) electrons. The lowest BCUT2D eigenvalue weighted by Gasteiger charge is -2.09. The monoisotopic (exact) mass is 253 g/mol. The second-order valence-electron chi connectivity index (χ2n) is 4.31. The van der Waals surface area contributed by atoms with Crippen molar-refractivity contribution in [1.29, 1.82) is 0 Å². The summed E-state index contributed by atoms with van der Waals surface area (Å²) in [5.41, 5.74) is 10.9. The maximum absolute atomic E-state index is 5.64. The molecule has 1 aliphatic rings. The minimum absolute atomic E-state index is 0.693. The van der Waals surface area contributed by atoms with Crippen molar-refractivity contribution >= 4 is 29.1 Å². The van der Waals surface area contributed by atoms with Crippen LogP contribution in [0.4, 0.5) is 0 Å². The van der Waals surface area contributed by atoms with Crippen molar-refractivity contribution in [2.75, 3.05) is 6.54 Å². The van der Waals surface area contributed by atoms with Crippen molar-refractivity contribution < 1.29 is 0 Å². The van der Waals surface area contributed by atoms with Gasteiger partial charge in [-0.25, -0.2) is 0 Å². The molecule has 0 aliphatic heterocycles. The Bertz CT molecular complexity index is 620. The molecule has 18 heavy (non-hydrogen) atoms. The predicted molar refractivity (Wildman–Crippen MR) is 80.4 cm³/mol. The van der Waals surface area contributed by atoms with E-state index in [0.29, 0.717) is 6.54 Å². The zero-order valence-electron chi connectivity index (χ0n) is 10.1. The Hall–Kier alpha value is -1.64. The molecule has 3 rings (SSSR count). The molecule has 0 amide bonds. The quantitative estimate of drug-likeness (QED) is 0.733. The molecule has 0 bridgehead atoms. The van der Waals surface area contributed by atoms with Crippen LogP contribution in [0, 0.1) is 0 Å². The fourth-order valence-corrected chi connectivity index (χ4v) is 3.12. The van der Waals surface area contributed by atoms with Crippen molar-refractivity contribution in [2.24, 2.45) is 5.73 Å². The second kappa shape index (κ2) is 4.92. The predicted octanol–water partition coefficient (Wildman–Crippen LogP) is 4.01. The van der Waals surface area contributed by atoms with Crippen molar-refractivity contribution in [3.8, 4) is 0 Å². The molecule has 1 aliphatic carbocycles. The lowest BCUT2D eigenvalue weighted by molar-refractivity contribution is 1.01. The summed E-state index contributed by atoms with van der Waals surface area (Å²) in [6, 6.07) is 10.7. The summed E-state index contributed by atoms with van der Waals surface area (Å²) in [6.45, 7) is 0.693. The first-order valence-corrected chi connectivity index (χ1v) is 7.03. The van der Waals surface area contributed by atoms with Crippen LogP contribution < -0.4 is 5.73 Å². The molecule has 1 heterocycles. The van der Waals surface area contributed by atoms with Gasteiger partial charge >= 0.3 is 0 Å². The normalized spacial score (nSPS) is 15.3. The number of benzene rings is 1. The zero-order valence-corrected chi connectivity index (χ0v) is 10.9. The summed E-state index contributed by atoms with van der Waals surface area (Å²) in [7, 11) is 0. The first-order chi connectivity index (χ1) is 8.90. The average Bonchev–Trinajstić information content (AvgIpc) is 2.81. The molecule has 0 unspecified atom stereocenters. The van der Waals surface area contributed by atoms with E-state index in [-0.39, 0.29) is 0 Å². The molecule has 0 atom stereocenters. The minimum atomic E-state index is 0.693. The number of fused-ring (bicyclic) bond motifs is 2. The lowest BCUT2D eigenvalue weighted by Crippen LogP contribution is -1.97. The molecule has 0 saturated carbocycles. The SMILES string of the molecule is NCCC=C1c2ccccc2C=Cc2sccc21. The Morgan fingerprint density at radius 1 is 1.06 bits per heavy atom. The van der Waals surface area contributed by atoms with Gasteiger partial charge < -0.3 is 5.73 Å². The maximum atomic E-state index is 5.64. The van der Waals surface area contributed by atoms with E-state index in [4.69, 9.17) is 5.73 Å². The summed E-state index contributed by atoms with van der Waals surface area (Å²) in [5, 5.41) is 2.15. The number of rotatable bonds is 2. The van der Waals surface area contributed by atoms with Gasteiger partial charge in [-0.05, 0) is 52.8 Å². The summed E-state index contributed by atoms with van der Waals surface area (Å²) in [5.74, 6) is 0. The van der Waals surface area contributed by atoms with E-state index >= 15 is 0 Å². The Balaban J connectivity index is 2.22. The Morgan fingerprint density at radius 3 is 2.83 bits per heavy atom. The van der Waals surface area contributed by atoms with Gasteiger partial charge in [0.05, 0.1) is 0 Å². The Labute approximate surface area is 111 Å². The lowest BCUT2D eigenvalue weighted by atomic mass is 9.95. The van der Waals surface area contributed by atoms with Crippen molar-refractivity contribution in [3.63, 3.8) is 0 Å². The highest BCUT2D eigenvalue weighted by Gasteiger charge is 2.14. The zero-order chi connectivity index (χ0) is 12.4. The highest BCUT2D eigenvalue weighted by Crippen LogP contribution is 2.36. The van der Waals surface area contributed by atoms with E-state index in [1.165, 1.54) is 27.1 Å². The molecular formula is C16H15NS. The third-order valence-corrected chi connectivity index (χ3v) is 4.05. The van der Waals surface area contributed by atoms with Crippen LogP contribution in [0.3, 0.4) is 0 Å². The highest BCUT2D eigenvalue weighted by atomic mass is 32.1. The Morgan fingerprint density at radius 2 is 1.94 bits per heavy atom. The molecular weight excluding hydrogens is 238 g/mol. The molecule has 2 aromatic rings. The minimum Gasteiger partial charge on any atom is -0.330 e. The first-order valence-electron chi connectivity index (χ1n) is 6.16. The van der Waals surface area contributed by atoms with Crippen LogP contribution in [-0.4, -0.2) is 6.54 Å². The fourth-order valence-electron chi connectivity index (χ4n) is 2.32. The third kappa shape index (κ3) is 1.94. The summed E-state index contributed by atoms with van der Waals surface area (Å²) in [4.78, 5) is 1.33. The van der Waals surface area contributed by atoms with Crippen LogP contribution in [0.2, 0.25) is 0 Å². The van der Waals surface area contributed by atoms with E-state index < -0.39 is 0 Å². The van der Waals surface area contributed by atoms with E-state index in [9.17, 15) is 0 Å². The molecule has 90 valence electrons. The van der Waals surface area contributed by atoms with E-state index in [2.05, 4.69) is 53.9 Å². The summed E-state index contributed by atoms with van der Waals surface area (Å²) >= 11 is 1.79. The van der Waals surface area contributed by atoms with Crippen LogP contribution in [0.1, 0.15) is 28.0 Å². The summed E-state index contributed by atoms with van der Waals surface area (Å²) in [6.07, 6.45) is 7.59. The molecule has 2 heteroatoms. The van der Waals surface area contributed by atoms with Gasteiger partial charge in [0.25, 0.3) is 0 Å². The first kappa shape index (κ1) is 11.5. The molecule has 1 aromatic heterocycles. The van der Waals surface area contributed by atoms with Gasteiger partial charge in [0.1, 0.15) is 0 Å². The van der Waals surface area contributed by atoms with Gasteiger partial charge in [-0.2, -0.15) is 0 Å². The van der Waals surface area contributed by atoms with Crippen molar-refractivity contribution in [1.82, 2.24) is 0 Å². The standard InChI is InChI=1S/C16H15NS/c17-10-3-6-14-13-5-2-1-4-12(13)7-8-16-15(14)9-11-18-16/h1-2,4-9,11H,3,10,17H2. The van der Waals surface area contributed by atoms with Crippen LogP contribution in [-0.2, 0) is 0 Å². The number of hydrogen-bond acceptors (Lipinski definition) is 2. The topological polar surface area (TPSA) is 26.0 Å². The second-order valence-corrected chi connectivity index (χ2v) is 5.26. The van der Waals surface area contributed by atoms with E-state index in [1.807, 2.05) is 0 Å².